The molecule has 1 atom stereocenters. The zero-order chi connectivity index (χ0) is 20.9. The molecule has 0 bridgehead atoms. The lowest BCUT2D eigenvalue weighted by atomic mass is 9.95. The van der Waals surface area contributed by atoms with E-state index in [4.69, 9.17) is 11.6 Å². The molecule has 0 saturated heterocycles. The number of thiophene rings is 1. The van der Waals surface area contributed by atoms with E-state index >= 15 is 0 Å². The van der Waals surface area contributed by atoms with E-state index in [1.807, 2.05) is 6.92 Å². The van der Waals surface area contributed by atoms with E-state index in [1.54, 1.807) is 23.5 Å². The summed E-state index contributed by atoms with van der Waals surface area (Å²) in [6.07, 6.45) is 8.31. The molecule has 3 aromatic rings. The van der Waals surface area contributed by atoms with E-state index in [-0.39, 0.29) is 11.2 Å². The Hall–Kier alpha value is -1.90. The molecule has 0 radical (unpaired) electrons. The lowest BCUT2D eigenvalue weighted by Crippen LogP contribution is -2.24. The van der Waals surface area contributed by atoms with Crippen molar-refractivity contribution in [2.45, 2.75) is 61.9 Å². The molecule has 1 saturated carbocycles. The van der Waals surface area contributed by atoms with Crippen LogP contribution in [0.3, 0.4) is 0 Å². The van der Waals surface area contributed by atoms with Crippen LogP contribution in [0.4, 0.5) is 5.82 Å². The summed E-state index contributed by atoms with van der Waals surface area (Å²) < 4.78 is 2.29. The second kappa shape index (κ2) is 9.94. The fourth-order valence-electron chi connectivity index (χ4n) is 3.67. The van der Waals surface area contributed by atoms with Gasteiger partial charge >= 0.3 is 0 Å². The van der Waals surface area contributed by atoms with Crippen LogP contribution in [0.25, 0.3) is 0 Å². The van der Waals surface area contributed by atoms with Crippen molar-refractivity contribution in [1.82, 2.24) is 19.7 Å². The minimum Gasteiger partial charge on any atom is -0.310 e. The highest BCUT2D eigenvalue weighted by atomic mass is 35.5. The van der Waals surface area contributed by atoms with E-state index in [0.29, 0.717) is 16.9 Å². The quantitative estimate of drug-likeness (QED) is 0.463. The SMILES string of the molecule is C[C@H](Sc1nnc(Cc2cccs2)n1C1CCCCC1)C(=O)Nc1ccc(Cl)cn1. The summed E-state index contributed by atoms with van der Waals surface area (Å²) in [7, 11) is 0. The number of anilines is 1. The first kappa shape index (κ1) is 21.3. The predicted octanol–water partition coefficient (Wildman–Crippen LogP) is 5.60. The molecular weight excluding hydrogens is 438 g/mol. The Balaban J connectivity index is 1.51. The highest BCUT2D eigenvalue weighted by Gasteiger charge is 2.26. The van der Waals surface area contributed by atoms with Crippen LogP contribution in [0.1, 0.15) is 55.8 Å². The molecule has 4 rings (SSSR count). The van der Waals surface area contributed by atoms with Crippen LogP contribution in [0.5, 0.6) is 0 Å². The number of hydrogen-bond acceptors (Lipinski definition) is 6. The molecule has 30 heavy (non-hydrogen) atoms. The van der Waals surface area contributed by atoms with Crippen molar-refractivity contribution in [3.63, 3.8) is 0 Å². The zero-order valence-corrected chi connectivity index (χ0v) is 19.1. The second-order valence-electron chi connectivity index (χ2n) is 7.43. The molecule has 1 amide bonds. The molecule has 0 aliphatic heterocycles. The Morgan fingerprint density at radius 3 is 2.83 bits per heavy atom. The maximum atomic E-state index is 12.7. The maximum Gasteiger partial charge on any atom is 0.238 e. The van der Waals surface area contributed by atoms with Gasteiger partial charge in [0.2, 0.25) is 5.91 Å². The number of halogens is 1. The average Bonchev–Trinajstić information content (AvgIpc) is 3.41. The van der Waals surface area contributed by atoms with Gasteiger partial charge in [0.15, 0.2) is 5.16 Å². The van der Waals surface area contributed by atoms with Crippen molar-refractivity contribution in [3.05, 3.63) is 51.6 Å². The van der Waals surface area contributed by atoms with Crippen molar-refractivity contribution in [2.24, 2.45) is 0 Å². The number of carbonyl (C=O) groups is 1. The number of thioether (sulfide) groups is 1. The number of nitrogens with one attached hydrogen (secondary N) is 1. The first-order chi connectivity index (χ1) is 14.6. The topological polar surface area (TPSA) is 72.7 Å². The lowest BCUT2D eigenvalue weighted by Gasteiger charge is -2.26. The molecule has 3 aromatic heterocycles. The van der Waals surface area contributed by atoms with Crippen molar-refractivity contribution < 1.29 is 4.79 Å². The third-order valence-corrected chi connectivity index (χ3v) is 7.37. The summed E-state index contributed by atoms with van der Waals surface area (Å²) >= 11 is 9.06. The summed E-state index contributed by atoms with van der Waals surface area (Å²) in [5.74, 6) is 1.36. The highest BCUT2D eigenvalue weighted by Crippen LogP contribution is 2.34. The van der Waals surface area contributed by atoms with Crippen LogP contribution >= 0.6 is 34.7 Å². The summed E-state index contributed by atoms with van der Waals surface area (Å²) in [5, 5.41) is 15.0. The monoisotopic (exact) mass is 461 g/mol. The van der Waals surface area contributed by atoms with Crippen LogP contribution < -0.4 is 5.32 Å². The number of pyridine rings is 1. The third-order valence-electron chi connectivity index (χ3n) is 5.22. The average molecular weight is 462 g/mol. The van der Waals surface area contributed by atoms with Crippen LogP contribution in [0.15, 0.2) is 41.0 Å². The van der Waals surface area contributed by atoms with Crippen molar-refractivity contribution in [2.75, 3.05) is 5.32 Å². The van der Waals surface area contributed by atoms with Crippen molar-refractivity contribution in [3.8, 4) is 0 Å². The van der Waals surface area contributed by atoms with Crippen LogP contribution in [-0.2, 0) is 11.2 Å². The molecular formula is C21H24ClN5OS2. The Morgan fingerprint density at radius 1 is 1.30 bits per heavy atom. The Labute approximate surface area is 189 Å². The normalized spacial score (nSPS) is 15.8. The van der Waals surface area contributed by atoms with Gasteiger partial charge in [-0.05, 0) is 43.3 Å². The minimum atomic E-state index is -0.330. The van der Waals surface area contributed by atoms with E-state index in [9.17, 15) is 4.79 Å². The van der Waals surface area contributed by atoms with Gasteiger partial charge in [0.1, 0.15) is 11.6 Å². The van der Waals surface area contributed by atoms with Crippen molar-refractivity contribution >= 4 is 46.4 Å². The molecule has 0 spiro atoms. The van der Waals surface area contributed by atoms with Gasteiger partial charge in [-0.15, -0.1) is 21.5 Å². The molecule has 1 aliphatic carbocycles. The molecule has 6 nitrogen and oxygen atoms in total. The van der Waals surface area contributed by atoms with Gasteiger partial charge in [-0.3, -0.25) is 4.79 Å². The summed E-state index contributed by atoms with van der Waals surface area (Å²) in [5.41, 5.74) is 0. The fourth-order valence-corrected chi connectivity index (χ4v) is 5.42. The van der Waals surface area contributed by atoms with Crippen LogP contribution in [0.2, 0.25) is 5.02 Å². The number of nitrogens with zero attached hydrogens (tertiary/aromatic N) is 4. The molecule has 0 unspecified atom stereocenters. The lowest BCUT2D eigenvalue weighted by molar-refractivity contribution is -0.115. The smallest absolute Gasteiger partial charge is 0.238 e. The molecule has 9 heteroatoms. The summed E-state index contributed by atoms with van der Waals surface area (Å²) in [6.45, 7) is 1.88. The first-order valence-electron chi connectivity index (χ1n) is 10.2. The highest BCUT2D eigenvalue weighted by molar-refractivity contribution is 8.00. The summed E-state index contributed by atoms with van der Waals surface area (Å²) in [6, 6.07) is 8.00. The molecule has 158 valence electrons. The van der Waals surface area contributed by atoms with Gasteiger partial charge in [0.25, 0.3) is 0 Å². The van der Waals surface area contributed by atoms with Gasteiger partial charge in [-0.25, -0.2) is 4.98 Å². The Kier molecular flexibility index (Phi) is 7.07. The van der Waals surface area contributed by atoms with Gasteiger partial charge in [0, 0.05) is 23.5 Å². The molecule has 1 fully saturated rings. The Morgan fingerprint density at radius 2 is 2.13 bits per heavy atom. The van der Waals surface area contributed by atoms with Gasteiger partial charge < -0.3 is 9.88 Å². The van der Waals surface area contributed by atoms with E-state index in [2.05, 4.69) is 42.6 Å². The molecule has 1 N–H and O–H groups in total. The summed E-state index contributed by atoms with van der Waals surface area (Å²) in [4.78, 5) is 18.1. The number of amides is 1. The number of hydrogen-bond donors (Lipinski definition) is 1. The zero-order valence-electron chi connectivity index (χ0n) is 16.8. The molecule has 1 aliphatic rings. The largest absolute Gasteiger partial charge is 0.310 e. The first-order valence-corrected chi connectivity index (χ1v) is 12.3. The van der Waals surface area contributed by atoms with E-state index in [1.165, 1.54) is 42.1 Å². The molecule has 3 heterocycles. The minimum absolute atomic E-state index is 0.118. The van der Waals surface area contributed by atoms with Crippen LogP contribution in [-0.4, -0.2) is 30.9 Å². The van der Waals surface area contributed by atoms with Gasteiger partial charge in [-0.2, -0.15) is 0 Å². The van der Waals surface area contributed by atoms with Gasteiger partial charge in [-0.1, -0.05) is 48.7 Å². The van der Waals surface area contributed by atoms with Crippen LogP contribution in [0, 0.1) is 0 Å². The Bertz CT molecular complexity index is 968. The van der Waals surface area contributed by atoms with Crippen molar-refractivity contribution in [1.29, 1.82) is 0 Å². The number of aromatic nitrogens is 4. The predicted molar refractivity (Wildman–Crippen MR) is 122 cm³/mol. The molecule has 0 aromatic carbocycles. The third kappa shape index (κ3) is 5.22. The number of rotatable bonds is 7. The van der Waals surface area contributed by atoms with E-state index < -0.39 is 0 Å². The van der Waals surface area contributed by atoms with Gasteiger partial charge in [0.05, 0.1) is 10.3 Å². The number of carbonyl (C=O) groups excluding carboxylic acids is 1. The second-order valence-corrected chi connectivity index (χ2v) is 10.2. The standard InChI is InChI=1S/C21H24ClN5OS2/c1-14(20(28)24-18-10-9-15(22)13-23-18)30-21-26-25-19(12-17-8-5-11-29-17)27(21)16-6-3-2-4-7-16/h5,8-11,13-14,16H,2-4,6-7,12H2,1H3,(H,23,24,28)/t14-/m0/s1. The fraction of sp³-hybridized carbons (Fsp3) is 0.429. The maximum absolute atomic E-state index is 12.7. The van der Waals surface area contributed by atoms with E-state index in [0.717, 1.165) is 30.2 Å².